The van der Waals surface area contributed by atoms with E-state index in [2.05, 4.69) is 5.32 Å². The molecule has 0 spiro atoms. The van der Waals surface area contributed by atoms with Gasteiger partial charge in [-0.3, -0.25) is 10.1 Å². The first-order valence-electron chi connectivity index (χ1n) is 7.52. The number of nitrogens with one attached hydrogen (secondary N) is 1. The van der Waals surface area contributed by atoms with Crippen molar-refractivity contribution >= 4 is 5.91 Å². The number of hydrogen-bond acceptors (Lipinski definition) is 3. The van der Waals surface area contributed by atoms with Crippen molar-refractivity contribution in [2.45, 2.75) is 50.1 Å². The van der Waals surface area contributed by atoms with Gasteiger partial charge in [-0.2, -0.15) is 0 Å². The number of rotatable bonds is 3. The van der Waals surface area contributed by atoms with Gasteiger partial charge in [-0.05, 0) is 18.9 Å². The van der Waals surface area contributed by atoms with Crippen LogP contribution in [-0.2, 0) is 10.3 Å². The molecule has 1 aromatic rings. The molecule has 3 rings (SSSR count). The molecule has 1 aliphatic heterocycles. The van der Waals surface area contributed by atoms with Crippen LogP contribution < -0.4 is 15.8 Å². The number of carbonyl (C=O) groups excluding carboxylic acids is 1. The number of primary amides is 1. The Bertz CT molecular complexity index is 497. The summed E-state index contributed by atoms with van der Waals surface area (Å²) in [6.07, 6.45) is 6.60. The number of nitrogens with two attached hydrogens (primary N) is 1. The molecular weight excluding hydrogens is 252 g/mol. The second-order valence-electron chi connectivity index (χ2n) is 5.84. The molecule has 1 atom stereocenters. The summed E-state index contributed by atoms with van der Waals surface area (Å²) in [6, 6.07) is 8.11. The molecule has 20 heavy (non-hydrogen) atoms. The summed E-state index contributed by atoms with van der Waals surface area (Å²) in [7, 11) is 0. The minimum absolute atomic E-state index is 0.293. The zero-order valence-corrected chi connectivity index (χ0v) is 11.7. The Labute approximate surface area is 119 Å². The van der Waals surface area contributed by atoms with Crippen molar-refractivity contribution in [1.82, 2.24) is 5.32 Å². The molecule has 1 unspecified atom stereocenters. The van der Waals surface area contributed by atoms with Gasteiger partial charge in [0.1, 0.15) is 11.3 Å². The number of amides is 1. The second-order valence-corrected chi connectivity index (χ2v) is 5.84. The maximum absolute atomic E-state index is 12.2. The van der Waals surface area contributed by atoms with E-state index in [1.54, 1.807) is 0 Å². The van der Waals surface area contributed by atoms with Crippen LogP contribution in [0.2, 0.25) is 0 Å². The number of benzene rings is 1. The Kier molecular flexibility index (Phi) is 3.66. The third-order valence-electron chi connectivity index (χ3n) is 4.56. The van der Waals surface area contributed by atoms with Crippen LogP contribution in [0.1, 0.15) is 44.1 Å². The maximum atomic E-state index is 12.2. The van der Waals surface area contributed by atoms with Crippen molar-refractivity contribution in [2.75, 3.05) is 6.61 Å². The summed E-state index contributed by atoms with van der Waals surface area (Å²) in [5, 5.41) is 3.57. The molecule has 0 bridgehead atoms. The Balaban J connectivity index is 1.94. The Hall–Kier alpha value is -1.55. The van der Waals surface area contributed by atoms with Gasteiger partial charge in [0.15, 0.2) is 0 Å². The molecule has 1 aromatic carbocycles. The first-order valence-corrected chi connectivity index (χ1v) is 7.52. The standard InChI is InChI=1S/C16H22N2O2/c17-15(19)16(18-12-6-2-1-3-7-12)10-11-20-14-9-5-4-8-13(14)16/h4-5,8-9,12,18H,1-3,6-7,10-11H2,(H2,17,19). The Morgan fingerprint density at radius 1 is 1.25 bits per heavy atom. The van der Waals surface area contributed by atoms with E-state index in [9.17, 15) is 4.79 Å². The minimum Gasteiger partial charge on any atom is -0.493 e. The smallest absolute Gasteiger partial charge is 0.242 e. The van der Waals surface area contributed by atoms with Crippen LogP contribution in [0.3, 0.4) is 0 Å². The Morgan fingerprint density at radius 3 is 2.75 bits per heavy atom. The summed E-state index contributed by atoms with van der Waals surface area (Å²) >= 11 is 0. The second kappa shape index (κ2) is 5.44. The van der Waals surface area contributed by atoms with Gasteiger partial charge in [-0.15, -0.1) is 0 Å². The largest absolute Gasteiger partial charge is 0.493 e. The topological polar surface area (TPSA) is 64.4 Å². The third kappa shape index (κ3) is 2.29. The van der Waals surface area contributed by atoms with Crippen LogP contribution in [0.5, 0.6) is 5.75 Å². The fraction of sp³-hybridized carbons (Fsp3) is 0.562. The zero-order chi connectivity index (χ0) is 14.0. The summed E-state index contributed by atoms with van der Waals surface area (Å²) < 4.78 is 5.67. The van der Waals surface area contributed by atoms with Crippen LogP contribution in [0, 0.1) is 0 Å². The molecule has 1 heterocycles. The van der Waals surface area contributed by atoms with Crippen molar-refractivity contribution in [1.29, 1.82) is 0 Å². The monoisotopic (exact) mass is 274 g/mol. The van der Waals surface area contributed by atoms with Crippen LogP contribution in [0.25, 0.3) is 0 Å². The molecule has 1 saturated carbocycles. The molecule has 1 amide bonds. The molecule has 2 aliphatic rings. The highest BCUT2D eigenvalue weighted by Gasteiger charge is 2.44. The van der Waals surface area contributed by atoms with Crippen LogP contribution in [-0.4, -0.2) is 18.6 Å². The number of para-hydroxylation sites is 1. The van der Waals surface area contributed by atoms with Gasteiger partial charge in [-0.25, -0.2) is 0 Å². The maximum Gasteiger partial charge on any atom is 0.242 e. The molecule has 108 valence electrons. The van der Waals surface area contributed by atoms with Crippen molar-refractivity contribution in [2.24, 2.45) is 5.73 Å². The van der Waals surface area contributed by atoms with Gasteiger partial charge in [0.05, 0.1) is 6.61 Å². The highest BCUT2D eigenvalue weighted by atomic mass is 16.5. The van der Waals surface area contributed by atoms with E-state index in [0.717, 1.165) is 24.2 Å². The lowest BCUT2D eigenvalue weighted by molar-refractivity contribution is -0.126. The van der Waals surface area contributed by atoms with Crippen molar-refractivity contribution in [3.05, 3.63) is 29.8 Å². The zero-order valence-electron chi connectivity index (χ0n) is 11.7. The lowest BCUT2D eigenvalue weighted by Gasteiger charge is -2.40. The SMILES string of the molecule is NC(=O)C1(NC2CCCCC2)CCOc2ccccc21. The van der Waals surface area contributed by atoms with Gasteiger partial charge < -0.3 is 10.5 Å². The number of ether oxygens (including phenoxy) is 1. The lowest BCUT2D eigenvalue weighted by Crippen LogP contribution is -2.58. The van der Waals surface area contributed by atoms with E-state index >= 15 is 0 Å². The summed E-state index contributed by atoms with van der Waals surface area (Å²) in [6.45, 7) is 0.527. The molecular formula is C16H22N2O2. The predicted molar refractivity (Wildman–Crippen MR) is 77.4 cm³/mol. The van der Waals surface area contributed by atoms with E-state index in [1.807, 2.05) is 24.3 Å². The van der Waals surface area contributed by atoms with E-state index in [4.69, 9.17) is 10.5 Å². The fourth-order valence-corrected chi connectivity index (χ4v) is 3.47. The van der Waals surface area contributed by atoms with Gasteiger partial charge in [0, 0.05) is 18.0 Å². The molecule has 0 aromatic heterocycles. The number of fused-ring (bicyclic) bond motifs is 1. The normalized spacial score (nSPS) is 26.6. The molecule has 0 radical (unpaired) electrons. The van der Waals surface area contributed by atoms with E-state index in [-0.39, 0.29) is 5.91 Å². The van der Waals surface area contributed by atoms with Gasteiger partial charge in [-0.1, -0.05) is 37.5 Å². The Morgan fingerprint density at radius 2 is 2.00 bits per heavy atom. The molecule has 4 nitrogen and oxygen atoms in total. The van der Waals surface area contributed by atoms with E-state index in [0.29, 0.717) is 19.1 Å². The first kappa shape index (κ1) is 13.4. The summed E-state index contributed by atoms with van der Waals surface area (Å²) in [4.78, 5) is 12.2. The fourth-order valence-electron chi connectivity index (χ4n) is 3.47. The van der Waals surface area contributed by atoms with Gasteiger partial charge >= 0.3 is 0 Å². The van der Waals surface area contributed by atoms with Gasteiger partial charge in [0.25, 0.3) is 0 Å². The molecule has 1 fully saturated rings. The number of hydrogen-bond donors (Lipinski definition) is 2. The average Bonchev–Trinajstić information content (AvgIpc) is 2.48. The van der Waals surface area contributed by atoms with Crippen molar-refractivity contribution in [3.63, 3.8) is 0 Å². The van der Waals surface area contributed by atoms with Crippen LogP contribution in [0.4, 0.5) is 0 Å². The quantitative estimate of drug-likeness (QED) is 0.887. The summed E-state index contributed by atoms with van der Waals surface area (Å²) in [5.41, 5.74) is 5.90. The molecule has 0 saturated heterocycles. The highest BCUT2D eigenvalue weighted by Crippen LogP contribution is 2.38. The number of carbonyl (C=O) groups is 1. The predicted octanol–water partition coefficient (Wildman–Crippen LogP) is 2.07. The van der Waals surface area contributed by atoms with E-state index in [1.165, 1.54) is 19.3 Å². The first-order chi connectivity index (χ1) is 9.72. The van der Waals surface area contributed by atoms with E-state index < -0.39 is 5.54 Å². The molecule has 3 N–H and O–H groups in total. The average molecular weight is 274 g/mol. The van der Waals surface area contributed by atoms with Crippen LogP contribution >= 0.6 is 0 Å². The highest BCUT2D eigenvalue weighted by molar-refractivity contribution is 5.87. The van der Waals surface area contributed by atoms with Gasteiger partial charge in [0.2, 0.25) is 5.91 Å². The molecule has 4 heteroatoms. The third-order valence-corrected chi connectivity index (χ3v) is 4.56. The van der Waals surface area contributed by atoms with Crippen molar-refractivity contribution in [3.8, 4) is 5.75 Å². The minimum atomic E-state index is -0.767. The molecule has 1 aliphatic carbocycles. The lowest BCUT2D eigenvalue weighted by atomic mass is 9.81. The van der Waals surface area contributed by atoms with Crippen molar-refractivity contribution < 1.29 is 9.53 Å². The van der Waals surface area contributed by atoms with Crippen LogP contribution in [0.15, 0.2) is 24.3 Å². The summed E-state index contributed by atoms with van der Waals surface area (Å²) in [5.74, 6) is 0.486.